The van der Waals surface area contributed by atoms with Gasteiger partial charge in [-0.15, -0.1) is 11.3 Å². The van der Waals surface area contributed by atoms with Crippen LogP contribution in [-0.2, 0) is 6.18 Å². The van der Waals surface area contributed by atoms with Gasteiger partial charge in [0.1, 0.15) is 34.8 Å². The van der Waals surface area contributed by atoms with Gasteiger partial charge in [0.05, 0.1) is 21.4 Å². The molecule has 2 aliphatic heterocycles. The Kier molecular flexibility index (Phi) is 6.02. The number of nitriles is 1. The van der Waals surface area contributed by atoms with E-state index in [4.69, 9.17) is 10.5 Å². The van der Waals surface area contributed by atoms with E-state index < -0.39 is 40.1 Å². The normalized spacial score (nSPS) is 21.2. The molecule has 1 aliphatic carbocycles. The number of aliphatic hydroxyl groups is 1. The minimum Gasteiger partial charge on any atom is -0.460 e. The van der Waals surface area contributed by atoms with Crippen molar-refractivity contribution >= 4 is 43.1 Å². The molecule has 2 bridgehead atoms. The van der Waals surface area contributed by atoms with Gasteiger partial charge in [0, 0.05) is 41.5 Å². The lowest BCUT2D eigenvalue weighted by molar-refractivity contribution is -0.137. The second-order valence-corrected chi connectivity index (χ2v) is 12.2. The third-order valence-corrected chi connectivity index (χ3v) is 9.24. The van der Waals surface area contributed by atoms with E-state index in [0.717, 1.165) is 31.0 Å². The van der Waals surface area contributed by atoms with Crippen molar-refractivity contribution in [3.63, 3.8) is 0 Å². The van der Waals surface area contributed by atoms with E-state index >= 15 is 4.39 Å². The van der Waals surface area contributed by atoms with Crippen LogP contribution in [0.1, 0.15) is 36.8 Å². The predicted molar refractivity (Wildman–Crippen MR) is 146 cm³/mol. The average Bonchev–Trinajstić information content (AvgIpc) is 3.45. The molecule has 0 radical (unpaired) electrons. The van der Waals surface area contributed by atoms with Gasteiger partial charge in [-0.3, -0.25) is 0 Å². The van der Waals surface area contributed by atoms with Gasteiger partial charge in [-0.2, -0.15) is 28.4 Å². The van der Waals surface area contributed by atoms with Crippen LogP contribution in [0.25, 0.3) is 32.1 Å². The summed E-state index contributed by atoms with van der Waals surface area (Å²) < 4.78 is 81.0. The number of nitrogen functional groups attached to an aromatic ring is 1. The maximum absolute atomic E-state index is 16.7. The third-order valence-electron chi connectivity index (χ3n) is 8.21. The van der Waals surface area contributed by atoms with Gasteiger partial charge in [-0.05, 0) is 43.4 Å². The molecule has 2 aromatic heterocycles. The fourth-order valence-corrected chi connectivity index (χ4v) is 6.90. The van der Waals surface area contributed by atoms with E-state index in [1.54, 1.807) is 0 Å². The molecule has 0 amide bonds. The van der Waals surface area contributed by atoms with Crippen LogP contribution in [0, 0.1) is 23.0 Å². The summed E-state index contributed by atoms with van der Waals surface area (Å²) in [5.41, 5.74) is 1.65. The molecule has 4 heterocycles. The standard InChI is InChI=1S/C28H23F5N6O2S/c29-18-4-3-14(19-16(8-34)24(35)42-23(18)19)20-17(28(31,32)33)7-15-22(21(20)30)37-26(41-11-27(40)5-6-27)38-25(15)39-9-12-1-2-13(10-39)36-12/h3-4,7,12-13,36,40H,1-2,5-6,9-11,35H2. The van der Waals surface area contributed by atoms with Crippen LogP contribution >= 0.6 is 11.3 Å². The van der Waals surface area contributed by atoms with Crippen molar-refractivity contribution in [1.82, 2.24) is 15.3 Å². The van der Waals surface area contributed by atoms with Crippen LogP contribution < -0.4 is 20.7 Å². The third kappa shape index (κ3) is 4.38. The Morgan fingerprint density at radius 2 is 1.90 bits per heavy atom. The smallest absolute Gasteiger partial charge is 0.417 e. The van der Waals surface area contributed by atoms with Gasteiger partial charge in [-0.25, -0.2) is 8.78 Å². The molecule has 0 spiro atoms. The Balaban J connectivity index is 1.51. The van der Waals surface area contributed by atoms with E-state index in [1.165, 1.54) is 0 Å². The summed E-state index contributed by atoms with van der Waals surface area (Å²) >= 11 is 0.701. The summed E-state index contributed by atoms with van der Waals surface area (Å²) in [5, 5.41) is 23.0. The number of thiophene rings is 1. The maximum atomic E-state index is 16.7. The number of nitrogens with zero attached hydrogens (tertiary/aromatic N) is 4. The number of rotatable bonds is 5. The molecule has 4 N–H and O–H groups in total. The summed E-state index contributed by atoms with van der Waals surface area (Å²) in [6, 6.07) is 4.47. The SMILES string of the molecule is N#Cc1c(N)sc2c(F)ccc(-c3c(C(F)(F)F)cc4c(N5CC6CCC(C5)N6)nc(OCC5(O)CC5)nc4c3F)c12. The van der Waals surface area contributed by atoms with E-state index in [9.17, 15) is 27.9 Å². The molecule has 4 aromatic rings. The van der Waals surface area contributed by atoms with Gasteiger partial charge >= 0.3 is 12.2 Å². The number of benzene rings is 2. The highest BCUT2D eigenvalue weighted by atomic mass is 32.1. The highest BCUT2D eigenvalue weighted by Crippen LogP contribution is 2.48. The van der Waals surface area contributed by atoms with Crippen molar-refractivity contribution in [1.29, 1.82) is 5.26 Å². The molecular formula is C28H23F5N6O2S. The molecule has 14 heteroatoms. The number of nitrogens with one attached hydrogen (secondary N) is 1. The van der Waals surface area contributed by atoms with Crippen LogP contribution in [0.2, 0.25) is 0 Å². The Hall–Kier alpha value is -3.80. The van der Waals surface area contributed by atoms with E-state index in [-0.39, 0.29) is 62.1 Å². The zero-order valence-electron chi connectivity index (χ0n) is 21.9. The lowest BCUT2D eigenvalue weighted by Crippen LogP contribution is -2.51. The summed E-state index contributed by atoms with van der Waals surface area (Å²) in [6.07, 6.45) is -2.25. The molecule has 218 valence electrons. The van der Waals surface area contributed by atoms with Crippen molar-refractivity contribution in [2.75, 3.05) is 30.3 Å². The largest absolute Gasteiger partial charge is 0.460 e. The number of ether oxygens (including phenoxy) is 1. The molecule has 3 aliphatic rings. The Bertz CT molecular complexity index is 1800. The monoisotopic (exact) mass is 602 g/mol. The number of hydrogen-bond donors (Lipinski definition) is 3. The van der Waals surface area contributed by atoms with Crippen LogP contribution in [-0.4, -0.2) is 52.5 Å². The fraction of sp³-hybridized carbons (Fsp3) is 0.393. The van der Waals surface area contributed by atoms with E-state index in [0.29, 0.717) is 37.3 Å². The first-order chi connectivity index (χ1) is 20.0. The molecule has 42 heavy (non-hydrogen) atoms. The van der Waals surface area contributed by atoms with Crippen molar-refractivity contribution < 1.29 is 31.8 Å². The van der Waals surface area contributed by atoms with E-state index in [2.05, 4.69) is 15.3 Å². The number of hydrogen-bond acceptors (Lipinski definition) is 9. The average molecular weight is 603 g/mol. The minimum atomic E-state index is -5.04. The molecule has 1 saturated carbocycles. The second-order valence-electron chi connectivity index (χ2n) is 11.1. The Labute approximate surface area is 239 Å². The molecule has 2 unspecified atom stereocenters. The maximum Gasteiger partial charge on any atom is 0.417 e. The number of anilines is 2. The first-order valence-electron chi connectivity index (χ1n) is 13.3. The first-order valence-corrected chi connectivity index (χ1v) is 14.2. The van der Waals surface area contributed by atoms with Crippen molar-refractivity contribution in [2.24, 2.45) is 0 Å². The van der Waals surface area contributed by atoms with Crippen LogP contribution in [0.3, 0.4) is 0 Å². The lowest BCUT2D eigenvalue weighted by atomic mass is 9.92. The van der Waals surface area contributed by atoms with Crippen LogP contribution in [0.5, 0.6) is 6.01 Å². The predicted octanol–water partition coefficient (Wildman–Crippen LogP) is 5.11. The molecule has 7 rings (SSSR count). The van der Waals surface area contributed by atoms with Crippen LogP contribution in [0.4, 0.5) is 32.8 Å². The molecule has 2 aromatic carbocycles. The highest BCUT2D eigenvalue weighted by Gasteiger charge is 2.42. The van der Waals surface area contributed by atoms with Crippen LogP contribution in [0.15, 0.2) is 18.2 Å². The Morgan fingerprint density at radius 3 is 2.55 bits per heavy atom. The molecule has 2 saturated heterocycles. The van der Waals surface area contributed by atoms with Gasteiger partial charge in [0.15, 0.2) is 5.82 Å². The zero-order chi connectivity index (χ0) is 29.6. The number of piperazine rings is 1. The Morgan fingerprint density at radius 1 is 1.19 bits per heavy atom. The summed E-state index contributed by atoms with van der Waals surface area (Å²) in [4.78, 5) is 10.4. The first kappa shape index (κ1) is 27.1. The molecule has 2 atom stereocenters. The fourth-order valence-electron chi connectivity index (χ4n) is 5.95. The van der Waals surface area contributed by atoms with E-state index in [1.807, 2.05) is 11.0 Å². The number of alkyl halides is 3. The van der Waals surface area contributed by atoms with Gasteiger partial charge in [-0.1, -0.05) is 6.07 Å². The number of nitrogens with two attached hydrogens (primary N) is 1. The second kappa shape index (κ2) is 9.35. The zero-order valence-corrected chi connectivity index (χ0v) is 22.7. The molecular weight excluding hydrogens is 579 g/mol. The van der Waals surface area contributed by atoms with Gasteiger partial charge < -0.3 is 25.8 Å². The van der Waals surface area contributed by atoms with Gasteiger partial charge in [0.2, 0.25) is 0 Å². The van der Waals surface area contributed by atoms with Gasteiger partial charge in [0.25, 0.3) is 0 Å². The quantitative estimate of drug-likeness (QED) is 0.270. The van der Waals surface area contributed by atoms with Crippen molar-refractivity contribution in [3.05, 3.63) is 41.0 Å². The number of fused-ring (bicyclic) bond motifs is 4. The summed E-state index contributed by atoms with van der Waals surface area (Å²) in [6.45, 7) is 0.724. The van der Waals surface area contributed by atoms with Crippen molar-refractivity contribution in [3.8, 4) is 23.2 Å². The van der Waals surface area contributed by atoms with Crippen molar-refractivity contribution in [2.45, 2.75) is 49.5 Å². The summed E-state index contributed by atoms with van der Waals surface area (Å²) in [5.74, 6) is -2.03. The topological polar surface area (TPSA) is 120 Å². The lowest BCUT2D eigenvalue weighted by Gasteiger charge is -2.34. The highest BCUT2D eigenvalue weighted by molar-refractivity contribution is 7.23. The minimum absolute atomic E-state index is 0.0916. The summed E-state index contributed by atoms with van der Waals surface area (Å²) in [7, 11) is 0. The number of aromatic nitrogens is 2. The number of halogens is 5. The molecule has 8 nitrogen and oxygen atoms in total. The molecule has 3 fully saturated rings.